The summed E-state index contributed by atoms with van der Waals surface area (Å²) in [5.74, 6) is 1.81. The monoisotopic (exact) mass is 418 g/mol. The predicted molar refractivity (Wildman–Crippen MR) is 109 cm³/mol. The zero-order chi connectivity index (χ0) is 18.5. The molecule has 27 heavy (non-hydrogen) atoms. The van der Waals surface area contributed by atoms with Crippen LogP contribution in [-0.2, 0) is 14.4 Å². The number of nitrogens with one attached hydrogen (secondary N) is 2. The van der Waals surface area contributed by atoms with Crippen molar-refractivity contribution in [1.29, 1.82) is 0 Å². The van der Waals surface area contributed by atoms with Crippen molar-refractivity contribution in [3.63, 3.8) is 0 Å². The first-order valence-electron chi connectivity index (χ1n) is 9.77. The largest absolute Gasteiger partial charge is 0.354 e. The third-order valence-corrected chi connectivity index (χ3v) is 6.57. The number of hydrogen-bond acceptors (Lipinski definition) is 5. The first-order chi connectivity index (χ1) is 12.6. The van der Waals surface area contributed by atoms with Gasteiger partial charge in [0.1, 0.15) is 6.04 Å². The molecule has 3 atom stereocenters. The summed E-state index contributed by atoms with van der Waals surface area (Å²) in [4.78, 5) is 40.8. The second kappa shape index (κ2) is 10.5. The Morgan fingerprint density at radius 2 is 2.04 bits per heavy atom. The molecule has 9 heteroatoms. The molecule has 3 aliphatic heterocycles. The Morgan fingerprint density at radius 1 is 1.22 bits per heavy atom. The molecular weight excluding hydrogens is 388 g/mol. The SMILES string of the molecule is CCC(=O)N1CSCC1C(=O)N1CCCC(CNC(=O)C2CCCN2)C1.Cl. The van der Waals surface area contributed by atoms with E-state index in [0.29, 0.717) is 37.1 Å². The standard InChI is InChI=1S/C18H30N4O3S.ClH/c1-2-16(23)22-12-26-11-15(22)18(25)21-8-4-5-13(10-21)9-20-17(24)14-6-3-7-19-14;/h13-15,19H,2-12H2,1H3,(H,20,24);1H. The van der Waals surface area contributed by atoms with Crippen molar-refractivity contribution in [3.05, 3.63) is 0 Å². The molecule has 3 heterocycles. The Kier molecular flexibility index (Phi) is 8.69. The van der Waals surface area contributed by atoms with Gasteiger partial charge in [0.15, 0.2) is 0 Å². The van der Waals surface area contributed by atoms with Crippen LogP contribution < -0.4 is 10.6 Å². The van der Waals surface area contributed by atoms with E-state index in [-0.39, 0.29) is 42.2 Å². The lowest BCUT2D eigenvalue weighted by molar-refractivity contribution is -0.144. The van der Waals surface area contributed by atoms with E-state index in [0.717, 1.165) is 38.8 Å². The maximum Gasteiger partial charge on any atom is 0.246 e. The topological polar surface area (TPSA) is 81.8 Å². The summed E-state index contributed by atoms with van der Waals surface area (Å²) in [6, 6.07) is -0.371. The van der Waals surface area contributed by atoms with Crippen LogP contribution in [0.2, 0.25) is 0 Å². The Labute approximate surface area is 171 Å². The van der Waals surface area contributed by atoms with Crippen LogP contribution in [0.1, 0.15) is 39.0 Å². The van der Waals surface area contributed by atoms with Crippen molar-refractivity contribution < 1.29 is 14.4 Å². The molecule has 3 aliphatic rings. The van der Waals surface area contributed by atoms with E-state index in [1.807, 2.05) is 11.8 Å². The first-order valence-corrected chi connectivity index (χ1v) is 10.9. The first kappa shape index (κ1) is 22.3. The highest BCUT2D eigenvalue weighted by atomic mass is 35.5. The summed E-state index contributed by atoms with van der Waals surface area (Å²) in [6.45, 7) is 4.80. The summed E-state index contributed by atoms with van der Waals surface area (Å²) in [5, 5.41) is 6.26. The number of thioether (sulfide) groups is 1. The van der Waals surface area contributed by atoms with Gasteiger partial charge in [-0.15, -0.1) is 24.2 Å². The number of likely N-dealkylation sites (tertiary alicyclic amines) is 1. The summed E-state index contributed by atoms with van der Waals surface area (Å²) in [6.07, 6.45) is 4.38. The van der Waals surface area contributed by atoms with Crippen LogP contribution in [0.4, 0.5) is 0 Å². The van der Waals surface area contributed by atoms with Crippen molar-refractivity contribution in [2.24, 2.45) is 5.92 Å². The van der Waals surface area contributed by atoms with Crippen molar-refractivity contribution in [3.8, 4) is 0 Å². The van der Waals surface area contributed by atoms with Gasteiger partial charge in [-0.3, -0.25) is 14.4 Å². The van der Waals surface area contributed by atoms with Crippen molar-refractivity contribution in [1.82, 2.24) is 20.4 Å². The molecule has 0 aromatic carbocycles. The van der Waals surface area contributed by atoms with E-state index in [4.69, 9.17) is 0 Å². The number of piperidine rings is 1. The van der Waals surface area contributed by atoms with Gasteiger partial charge >= 0.3 is 0 Å². The fourth-order valence-corrected chi connectivity index (χ4v) is 5.19. The number of rotatable bonds is 5. The average molecular weight is 419 g/mol. The predicted octanol–water partition coefficient (Wildman–Crippen LogP) is 0.827. The van der Waals surface area contributed by atoms with E-state index in [1.54, 1.807) is 16.7 Å². The molecule has 3 amide bonds. The average Bonchev–Trinajstić information content (AvgIpc) is 3.37. The third kappa shape index (κ3) is 5.51. The van der Waals surface area contributed by atoms with Crippen molar-refractivity contribution in [2.75, 3.05) is 37.8 Å². The van der Waals surface area contributed by atoms with Gasteiger partial charge in [0.2, 0.25) is 17.7 Å². The molecule has 2 N–H and O–H groups in total. The molecule has 3 fully saturated rings. The quantitative estimate of drug-likeness (QED) is 0.691. The molecule has 7 nitrogen and oxygen atoms in total. The lowest BCUT2D eigenvalue weighted by Crippen LogP contribution is -2.52. The van der Waals surface area contributed by atoms with Gasteiger partial charge in [-0.25, -0.2) is 0 Å². The van der Waals surface area contributed by atoms with Crippen LogP contribution in [0, 0.1) is 5.92 Å². The highest BCUT2D eigenvalue weighted by Crippen LogP contribution is 2.25. The van der Waals surface area contributed by atoms with Gasteiger partial charge in [-0.05, 0) is 38.1 Å². The number of hydrogen-bond donors (Lipinski definition) is 2. The van der Waals surface area contributed by atoms with E-state index < -0.39 is 0 Å². The molecule has 0 spiro atoms. The van der Waals surface area contributed by atoms with Crippen molar-refractivity contribution in [2.45, 2.75) is 51.1 Å². The maximum absolute atomic E-state index is 12.9. The Bertz CT molecular complexity index is 545. The van der Waals surface area contributed by atoms with Gasteiger partial charge in [0.05, 0.1) is 11.9 Å². The van der Waals surface area contributed by atoms with Crippen molar-refractivity contribution >= 4 is 41.9 Å². The number of carbonyl (C=O) groups is 3. The Hall–Kier alpha value is -0.990. The Balaban J connectivity index is 0.00000261. The molecule has 154 valence electrons. The minimum atomic E-state index is -0.316. The second-order valence-electron chi connectivity index (χ2n) is 7.42. The van der Waals surface area contributed by atoms with Crippen LogP contribution >= 0.6 is 24.2 Å². The van der Waals surface area contributed by atoms with Gasteiger partial charge < -0.3 is 20.4 Å². The summed E-state index contributed by atoms with van der Waals surface area (Å²) in [5.41, 5.74) is 0. The zero-order valence-corrected chi connectivity index (χ0v) is 17.6. The summed E-state index contributed by atoms with van der Waals surface area (Å²) >= 11 is 1.65. The molecule has 0 radical (unpaired) electrons. The van der Waals surface area contributed by atoms with Crippen LogP contribution in [0.25, 0.3) is 0 Å². The molecule has 0 bridgehead atoms. The molecule has 0 aromatic heterocycles. The minimum Gasteiger partial charge on any atom is -0.354 e. The molecular formula is C18H31ClN4O3S. The Morgan fingerprint density at radius 3 is 2.74 bits per heavy atom. The van der Waals surface area contributed by atoms with Crippen LogP contribution in [-0.4, -0.2) is 77.4 Å². The van der Waals surface area contributed by atoms with Gasteiger partial charge in [0, 0.05) is 31.8 Å². The fourth-order valence-electron chi connectivity index (χ4n) is 4.02. The summed E-state index contributed by atoms with van der Waals surface area (Å²) in [7, 11) is 0. The molecule has 3 saturated heterocycles. The molecule has 0 aliphatic carbocycles. The van der Waals surface area contributed by atoms with Gasteiger partial charge in [-0.2, -0.15) is 0 Å². The number of nitrogens with zero attached hydrogens (tertiary/aromatic N) is 2. The highest BCUT2D eigenvalue weighted by Gasteiger charge is 2.37. The fraction of sp³-hybridized carbons (Fsp3) is 0.833. The van der Waals surface area contributed by atoms with Crippen LogP contribution in [0.3, 0.4) is 0 Å². The van der Waals surface area contributed by atoms with Crippen LogP contribution in [0.5, 0.6) is 0 Å². The highest BCUT2D eigenvalue weighted by molar-refractivity contribution is 7.99. The maximum atomic E-state index is 12.9. The summed E-state index contributed by atoms with van der Waals surface area (Å²) < 4.78 is 0. The molecule has 0 aromatic rings. The van der Waals surface area contributed by atoms with E-state index in [1.165, 1.54) is 0 Å². The normalized spacial score (nSPS) is 28.0. The number of amides is 3. The second-order valence-corrected chi connectivity index (χ2v) is 8.42. The van der Waals surface area contributed by atoms with Crippen LogP contribution in [0.15, 0.2) is 0 Å². The van der Waals surface area contributed by atoms with E-state index >= 15 is 0 Å². The van der Waals surface area contributed by atoms with Gasteiger partial charge in [0.25, 0.3) is 0 Å². The third-order valence-electron chi connectivity index (χ3n) is 5.56. The minimum absolute atomic E-state index is 0. The molecule has 0 saturated carbocycles. The number of carbonyl (C=O) groups excluding carboxylic acids is 3. The molecule has 3 rings (SSSR count). The smallest absolute Gasteiger partial charge is 0.246 e. The number of halogens is 1. The van der Waals surface area contributed by atoms with E-state index in [9.17, 15) is 14.4 Å². The zero-order valence-electron chi connectivity index (χ0n) is 15.9. The lowest BCUT2D eigenvalue weighted by atomic mass is 9.97. The lowest BCUT2D eigenvalue weighted by Gasteiger charge is -2.36. The van der Waals surface area contributed by atoms with E-state index in [2.05, 4.69) is 10.6 Å². The van der Waals surface area contributed by atoms with Gasteiger partial charge in [-0.1, -0.05) is 6.92 Å². The molecule has 3 unspecified atom stereocenters.